The van der Waals surface area contributed by atoms with E-state index in [1.54, 1.807) is 23.3 Å². The summed E-state index contributed by atoms with van der Waals surface area (Å²) in [6.07, 6.45) is 5.15. The van der Waals surface area contributed by atoms with Crippen LogP contribution in [0.3, 0.4) is 0 Å². The van der Waals surface area contributed by atoms with E-state index in [0.29, 0.717) is 17.2 Å². The first-order chi connectivity index (χ1) is 11.3. The summed E-state index contributed by atoms with van der Waals surface area (Å²) in [5, 5.41) is 11.4. The molecule has 0 amide bonds. The van der Waals surface area contributed by atoms with Crippen molar-refractivity contribution in [2.75, 3.05) is 6.61 Å². The van der Waals surface area contributed by atoms with Crippen LogP contribution in [-0.2, 0) is 0 Å². The van der Waals surface area contributed by atoms with Crippen molar-refractivity contribution in [2.45, 2.75) is 6.92 Å². The first-order valence-electron chi connectivity index (χ1n) is 7.13. The third-order valence-electron chi connectivity index (χ3n) is 3.08. The molecule has 2 heterocycles. The summed E-state index contributed by atoms with van der Waals surface area (Å²) in [5.74, 6) is 1.45. The van der Waals surface area contributed by atoms with E-state index in [2.05, 4.69) is 20.3 Å². The summed E-state index contributed by atoms with van der Waals surface area (Å²) in [6.45, 7) is 2.60. The van der Waals surface area contributed by atoms with Crippen LogP contribution in [-0.4, -0.2) is 32.7 Å². The molecule has 0 unspecified atom stereocenters. The molecule has 0 aliphatic carbocycles. The van der Waals surface area contributed by atoms with Gasteiger partial charge in [-0.25, -0.2) is 5.10 Å². The molecular weight excluding hydrogens is 310 g/mol. The maximum absolute atomic E-state index is 5.42. The van der Waals surface area contributed by atoms with Crippen molar-refractivity contribution < 1.29 is 4.74 Å². The van der Waals surface area contributed by atoms with Crippen molar-refractivity contribution in [1.29, 1.82) is 0 Å². The van der Waals surface area contributed by atoms with E-state index in [4.69, 9.17) is 17.0 Å². The molecule has 0 fully saturated rings. The summed E-state index contributed by atoms with van der Waals surface area (Å²) >= 11 is 5.23. The molecule has 0 aliphatic heterocycles. The number of hydrogen-bond acceptors (Lipinski definition) is 5. The second-order valence-corrected chi connectivity index (χ2v) is 5.04. The van der Waals surface area contributed by atoms with Crippen LogP contribution >= 0.6 is 12.2 Å². The highest BCUT2D eigenvalue weighted by Crippen LogP contribution is 2.16. The number of nitrogens with one attached hydrogen (secondary N) is 1. The number of rotatable bonds is 5. The lowest BCUT2D eigenvalue weighted by molar-refractivity contribution is 0.340. The number of benzene rings is 1. The van der Waals surface area contributed by atoms with E-state index in [0.717, 1.165) is 16.9 Å². The van der Waals surface area contributed by atoms with Gasteiger partial charge in [-0.3, -0.25) is 4.98 Å². The third kappa shape index (κ3) is 3.51. The zero-order chi connectivity index (χ0) is 16.1. The molecule has 116 valence electrons. The summed E-state index contributed by atoms with van der Waals surface area (Å²) in [7, 11) is 0. The number of hydrogen-bond donors (Lipinski definition) is 1. The maximum Gasteiger partial charge on any atom is 0.216 e. The third-order valence-corrected chi connectivity index (χ3v) is 3.35. The Morgan fingerprint density at radius 1 is 1.30 bits per heavy atom. The van der Waals surface area contributed by atoms with E-state index in [1.807, 2.05) is 43.3 Å². The Hall–Kier alpha value is -2.80. The molecule has 0 aliphatic rings. The first kappa shape index (κ1) is 15.1. The highest BCUT2D eigenvalue weighted by Gasteiger charge is 2.07. The van der Waals surface area contributed by atoms with Gasteiger partial charge in [0.05, 0.1) is 12.8 Å². The second-order valence-electron chi connectivity index (χ2n) is 4.65. The van der Waals surface area contributed by atoms with Gasteiger partial charge in [-0.2, -0.15) is 14.9 Å². The Morgan fingerprint density at radius 3 is 2.83 bits per heavy atom. The van der Waals surface area contributed by atoms with E-state index in [9.17, 15) is 0 Å². The van der Waals surface area contributed by atoms with Crippen LogP contribution in [0.15, 0.2) is 53.9 Å². The van der Waals surface area contributed by atoms with Gasteiger partial charge >= 0.3 is 0 Å². The molecule has 2 aromatic heterocycles. The Labute approximate surface area is 138 Å². The fourth-order valence-corrected chi connectivity index (χ4v) is 2.20. The number of aromatic nitrogens is 4. The number of nitrogens with zero attached hydrogens (tertiary/aromatic N) is 4. The van der Waals surface area contributed by atoms with Gasteiger partial charge in [-0.1, -0.05) is 0 Å². The van der Waals surface area contributed by atoms with Crippen molar-refractivity contribution in [3.05, 3.63) is 59.1 Å². The smallest absolute Gasteiger partial charge is 0.216 e. The van der Waals surface area contributed by atoms with Crippen LogP contribution in [0.4, 0.5) is 0 Å². The van der Waals surface area contributed by atoms with E-state index >= 15 is 0 Å². The zero-order valence-electron chi connectivity index (χ0n) is 12.5. The Bertz CT molecular complexity index is 852. The molecule has 1 aromatic carbocycles. The van der Waals surface area contributed by atoms with Gasteiger partial charge in [-0.15, -0.1) is 0 Å². The molecular formula is C16H15N5OS. The van der Waals surface area contributed by atoms with Gasteiger partial charge in [0, 0.05) is 18.0 Å². The van der Waals surface area contributed by atoms with Gasteiger partial charge in [0.2, 0.25) is 4.77 Å². The summed E-state index contributed by atoms with van der Waals surface area (Å²) < 4.78 is 7.41. The van der Waals surface area contributed by atoms with Crippen molar-refractivity contribution in [3.8, 4) is 17.1 Å². The first-order valence-corrected chi connectivity index (χ1v) is 7.54. The predicted octanol–water partition coefficient (Wildman–Crippen LogP) is 3.28. The highest BCUT2D eigenvalue weighted by molar-refractivity contribution is 7.71. The molecule has 0 spiro atoms. The Balaban J connectivity index is 1.88. The zero-order valence-corrected chi connectivity index (χ0v) is 13.3. The van der Waals surface area contributed by atoms with Crippen molar-refractivity contribution in [1.82, 2.24) is 19.9 Å². The minimum Gasteiger partial charge on any atom is -0.494 e. The fourth-order valence-electron chi connectivity index (χ4n) is 2.02. The van der Waals surface area contributed by atoms with E-state index in [1.165, 1.54) is 0 Å². The molecule has 0 radical (unpaired) electrons. The molecule has 3 aromatic rings. The average molecular weight is 325 g/mol. The van der Waals surface area contributed by atoms with Gasteiger partial charge in [0.1, 0.15) is 5.75 Å². The fraction of sp³-hybridized carbons (Fsp3) is 0.125. The number of aromatic amines is 1. The summed E-state index contributed by atoms with van der Waals surface area (Å²) in [6, 6.07) is 11.4. The maximum atomic E-state index is 5.42. The second kappa shape index (κ2) is 6.97. The molecule has 7 heteroatoms. The lowest BCUT2D eigenvalue weighted by Crippen LogP contribution is -1.95. The van der Waals surface area contributed by atoms with E-state index < -0.39 is 0 Å². The molecule has 0 saturated carbocycles. The van der Waals surface area contributed by atoms with Crippen molar-refractivity contribution in [3.63, 3.8) is 0 Å². The van der Waals surface area contributed by atoms with Crippen LogP contribution in [0.2, 0.25) is 0 Å². The quantitative estimate of drug-likeness (QED) is 0.577. The van der Waals surface area contributed by atoms with Crippen LogP contribution in [0.5, 0.6) is 5.75 Å². The normalized spacial score (nSPS) is 11.0. The lowest BCUT2D eigenvalue weighted by atomic mass is 10.2. The van der Waals surface area contributed by atoms with Crippen LogP contribution < -0.4 is 4.74 Å². The Kier molecular flexibility index (Phi) is 4.58. The van der Waals surface area contributed by atoms with Gasteiger partial charge < -0.3 is 4.74 Å². The van der Waals surface area contributed by atoms with Crippen LogP contribution in [0, 0.1) is 4.77 Å². The summed E-state index contributed by atoms with van der Waals surface area (Å²) in [5.41, 5.74) is 1.78. The lowest BCUT2D eigenvalue weighted by Gasteiger charge is -2.02. The summed E-state index contributed by atoms with van der Waals surface area (Å²) in [4.78, 5) is 4.09. The van der Waals surface area contributed by atoms with Gasteiger partial charge in [0.25, 0.3) is 0 Å². The highest BCUT2D eigenvalue weighted by atomic mass is 32.1. The van der Waals surface area contributed by atoms with E-state index in [-0.39, 0.29) is 0 Å². The predicted molar refractivity (Wildman–Crippen MR) is 91.2 cm³/mol. The molecule has 0 saturated heterocycles. The minimum absolute atomic E-state index is 0.422. The molecule has 3 rings (SSSR count). The molecule has 0 bridgehead atoms. The van der Waals surface area contributed by atoms with Gasteiger partial charge in [-0.05, 0) is 61.1 Å². The molecule has 23 heavy (non-hydrogen) atoms. The largest absolute Gasteiger partial charge is 0.494 e. The van der Waals surface area contributed by atoms with Crippen LogP contribution in [0.1, 0.15) is 12.5 Å². The monoisotopic (exact) mass is 325 g/mol. The van der Waals surface area contributed by atoms with Gasteiger partial charge in [0.15, 0.2) is 5.82 Å². The number of H-pyrrole nitrogens is 1. The molecule has 6 nitrogen and oxygen atoms in total. The number of pyridine rings is 1. The topological polar surface area (TPSA) is 68.1 Å². The molecule has 1 N–H and O–H groups in total. The van der Waals surface area contributed by atoms with Crippen molar-refractivity contribution in [2.24, 2.45) is 5.10 Å². The average Bonchev–Trinajstić information content (AvgIpc) is 2.96. The van der Waals surface area contributed by atoms with Crippen molar-refractivity contribution >= 4 is 18.4 Å². The minimum atomic E-state index is 0.422. The standard InChI is InChI=1S/C16H15N5OS/c1-2-22-14-7-5-12(6-8-14)10-18-21-15(19-20-16(21)23)13-4-3-9-17-11-13/h3-11H,2H2,1H3,(H,20,23). The number of ether oxygens (including phenoxy) is 1. The molecule has 0 atom stereocenters. The Morgan fingerprint density at radius 2 is 2.13 bits per heavy atom. The SMILES string of the molecule is CCOc1ccc(C=Nn2c(-c3cccnc3)n[nH]c2=S)cc1. The van der Waals surface area contributed by atoms with Crippen LogP contribution in [0.25, 0.3) is 11.4 Å².